The molecule has 4 aromatic rings. The molecule has 2 heterocycles. The van der Waals surface area contributed by atoms with Crippen molar-refractivity contribution in [2.24, 2.45) is 0 Å². The monoisotopic (exact) mass is 440 g/mol. The summed E-state index contributed by atoms with van der Waals surface area (Å²) in [4.78, 5) is 28.2. The highest BCUT2D eigenvalue weighted by Crippen LogP contribution is 2.38. The molecule has 0 spiro atoms. The molecular weight excluding hydrogens is 420 g/mol. The van der Waals surface area contributed by atoms with E-state index in [1.807, 2.05) is 30.3 Å². The molecule has 8 heteroatoms. The summed E-state index contributed by atoms with van der Waals surface area (Å²) in [7, 11) is 0. The summed E-state index contributed by atoms with van der Waals surface area (Å²) in [6.45, 7) is 2.08. The summed E-state index contributed by atoms with van der Waals surface area (Å²) in [5.74, 6) is -0.204. The third kappa shape index (κ3) is 3.71. The average Bonchev–Trinajstić information content (AvgIpc) is 3.30. The van der Waals surface area contributed by atoms with Crippen LogP contribution in [0, 0.1) is 0 Å². The number of fused-ring (bicyclic) bond motifs is 3. The zero-order chi connectivity index (χ0) is 22.9. The van der Waals surface area contributed by atoms with E-state index in [4.69, 9.17) is 14.8 Å². The minimum atomic E-state index is -0.991. The highest BCUT2D eigenvalue weighted by Gasteiger charge is 2.29. The molecule has 0 fully saturated rings. The van der Waals surface area contributed by atoms with E-state index < -0.39 is 12.1 Å². The Morgan fingerprint density at radius 3 is 2.58 bits per heavy atom. The number of hydrogen-bond donors (Lipinski definition) is 2. The van der Waals surface area contributed by atoms with Crippen molar-refractivity contribution in [3.8, 4) is 22.8 Å². The first kappa shape index (κ1) is 20.4. The summed E-state index contributed by atoms with van der Waals surface area (Å²) in [5, 5.41) is 17.6. The molecule has 33 heavy (non-hydrogen) atoms. The van der Waals surface area contributed by atoms with Crippen molar-refractivity contribution in [2.75, 3.05) is 11.9 Å². The molecule has 1 atom stereocenters. The second-order valence-electron chi connectivity index (χ2n) is 7.52. The van der Waals surface area contributed by atoms with Crippen LogP contribution in [0.2, 0.25) is 0 Å². The van der Waals surface area contributed by atoms with Crippen molar-refractivity contribution in [2.45, 2.75) is 13.1 Å². The van der Waals surface area contributed by atoms with Gasteiger partial charge < -0.3 is 15.2 Å². The summed E-state index contributed by atoms with van der Waals surface area (Å²) in [5.41, 5.74) is 3.93. The number of esters is 1. The number of aromatic nitrogens is 3. The molecule has 1 aliphatic rings. The van der Waals surface area contributed by atoms with E-state index in [1.165, 1.54) is 0 Å². The van der Waals surface area contributed by atoms with Crippen LogP contribution in [-0.4, -0.2) is 38.4 Å². The minimum absolute atomic E-state index is 0.199. The molecule has 0 amide bonds. The lowest BCUT2D eigenvalue weighted by Crippen LogP contribution is -2.26. The van der Waals surface area contributed by atoms with E-state index in [0.717, 1.165) is 22.4 Å². The van der Waals surface area contributed by atoms with Crippen LogP contribution in [0.3, 0.4) is 0 Å². The number of anilines is 1. The van der Waals surface area contributed by atoms with Crippen LogP contribution in [0.5, 0.6) is 0 Å². The van der Waals surface area contributed by atoms with Gasteiger partial charge >= 0.3 is 11.9 Å². The number of para-hydroxylation sites is 1. The number of carboxylic acids is 1. The molecule has 0 radical (unpaired) electrons. The van der Waals surface area contributed by atoms with Gasteiger partial charge in [-0.15, -0.1) is 5.10 Å². The SMILES string of the molecule is CCOC(=O)c1ccc(-c2nc3n(n2)C(c2cccc(C(=O)O)c2)Nc2ccccc2-3)cc1. The van der Waals surface area contributed by atoms with Crippen LogP contribution < -0.4 is 5.32 Å². The number of carbonyl (C=O) groups is 2. The fourth-order valence-electron chi connectivity index (χ4n) is 3.86. The maximum Gasteiger partial charge on any atom is 0.338 e. The summed E-state index contributed by atoms with van der Waals surface area (Å²) in [6, 6.07) is 21.5. The fraction of sp³-hybridized carbons (Fsp3) is 0.120. The minimum Gasteiger partial charge on any atom is -0.478 e. The number of hydrogen-bond acceptors (Lipinski definition) is 6. The standard InChI is InChI=1S/C25H20N4O4/c1-2-33-25(32)16-12-10-15(11-13-16)21-27-23-19-8-3-4-9-20(19)26-22(29(23)28-21)17-6-5-7-18(14-17)24(30)31/h3-14,22,26H,2H2,1H3,(H,30,31). The molecule has 0 saturated carbocycles. The van der Waals surface area contributed by atoms with E-state index in [9.17, 15) is 14.7 Å². The van der Waals surface area contributed by atoms with Gasteiger partial charge in [-0.1, -0.05) is 36.4 Å². The molecule has 1 aliphatic heterocycles. The Bertz CT molecular complexity index is 1360. The van der Waals surface area contributed by atoms with Gasteiger partial charge in [-0.2, -0.15) is 0 Å². The number of carboxylic acid groups (broad SMARTS) is 1. The van der Waals surface area contributed by atoms with Crippen LogP contribution in [-0.2, 0) is 4.74 Å². The Balaban J connectivity index is 1.58. The molecule has 0 bridgehead atoms. The molecular formula is C25H20N4O4. The Labute approximate surface area is 189 Å². The normalized spacial score (nSPS) is 14.0. The fourth-order valence-corrected chi connectivity index (χ4v) is 3.86. The Kier molecular flexibility index (Phi) is 5.10. The van der Waals surface area contributed by atoms with Crippen LogP contribution >= 0.6 is 0 Å². The molecule has 3 aromatic carbocycles. The molecule has 8 nitrogen and oxygen atoms in total. The van der Waals surface area contributed by atoms with E-state index >= 15 is 0 Å². The summed E-state index contributed by atoms with van der Waals surface area (Å²) in [6.07, 6.45) is -0.436. The van der Waals surface area contributed by atoms with Gasteiger partial charge in [0.2, 0.25) is 0 Å². The van der Waals surface area contributed by atoms with Crippen molar-refractivity contribution in [3.63, 3.8) is 0 Å². The van der Waals surface area contributed by atoms with Gasteiger partial charge in [0, 0.05) is 16.8 Å². The number of nitrogens with one attached hydrogen (secondary N) is 1. The predicted octanol–water partition coefficient (Wildman–Crippen LogP) is 4.46. The number of nitrogens with zero attached hydrogens (tertiary/aromatic N) is 3. The van der Waals surface area contributed by atoms with E-state index in [-0.39, 0.29) is 11.5 Å². The van der Waals surface area contributed by atoms with E-state index in [1.54, 1.807) is 54.1 Å². The van der Waals surface area contributed by atoms with Crippen molar-refractivity contribution < 1.29 is 19.4 Å². The van der Waals surface area contributed by atoms with Gasteiger partial charge in [0.15, 0.2) is 11.6 Å². The third-order valence-corrected chi connectivity index (χ3v) is 5.44. The third-order valence-electron chi connectivity index (χ3n) is 5.44. The zero-order valence-electron chi connectivity index (χ0n) is 17.7. The second-order valence-corrected chi connectivity index (χ2v) is 7.52. The Morgan fingerprint density at radius 1 is 1.03 bits per heavy atom. The van der Waals surface area contributed by atoms with Crippen LogP contribution in [0.4, 0.5) is 5.69 Å². The lowest BCUT2D eigenvalue weighted by Gasteiger charge is -2.28. The molecule has 1 aromatic heterocycles. The van der Waals surface area contributed by atoms with Gasteiger partial charge in [-0.3, -0.25) is 0 Å². The Morgan fingerprint density at radius 2 is 1.82 bits per heavy atom. The van der Waals surface area contributed by atoms with Gasteiger partial charge in [0.05, 0.1) is 17.7 Å². The molecule has 1 unspecified atom stereocenters. The first-order valence-corrected chi connectivity index (χ1v) is 10.5. The van der Waals surface area contributed by atoms with E-state index in [2.05, 4.69) is 5.32 Å². The maximum absolute atomic E-state index is 12.0. The predicted molar refractivity (Wildman–Crippen MR) is 122 cm³/mol. The highest BCUT2D eigenvalue weighted by molar-refractivity contribution is 5.90. The molecule has 0 aliphatic carbocycles. The largest absolute Gasteiger partial charge is 0.478 e. The topological polar surface area (TPSA) is 106 Å². The van der Waals surface area contributed by atoms with Gasteiger partial charge in [0.25, 0.3) is 0 Å². The molecule has 164 valence electrons. The van der Waals surface area contributed by atoms with E-state index in [0.29, 0.717) is 23.8 Å². The van der Waals surface area contributed by atoms with Crippen molar-refractivity contribution in [1.29, 1.82) is 0 Å². The molecule has 2 N–H and O–H groups in total. The first-order chi connectivity index (χ1) is 16.0. The van der Waals surface area contributed by atoms with Crippen LogP contribution in [0.25, 0.3) is 22.8 Å². The van der Waals surface area contributed by atoms with Crippen LogP contribution in [0.1, 0.15) is 39.4 Å². The lowest BCUT2D eigenvalue weighted by atomic mass is 10.0. The van der Waals surface area contributed by atoms with Crippen molar-refractivity contribution in [1.82, 2.24) is 14.8 Å². The van der Waals surface area contributed by atoms with Crippen LogP contribution in [0.15, 0.2) is 72.8 Å². The molecule has 0 saturated heterocycles. The van der Waals surface area contributed by atoms with Crippen molar-refractivity contribution >= 4 is 17.6 Å². The van der Waals surface area contributed by atoms with Crippen molar-refractivity contribution in [3.05, 3.63) is 89.5 Å². The summed E-state index contributed by atoms with van der Waals surface area (Å²) >= 11 is 0. The number of rotatable bonds is 5. The number of ether oxygens (including phenoxy) is 1. The number of carbonyl (C=O) groups excluding carboxylic acids is 1. The lowest BCUT2D eigenvalue weighted by molar-refractivity contribution is 0.0526. The Hall–Kier alpha value is -4.46. The zero-order valence-corrected chi connectivity index (χ0v) is 17.7. The smallest absolute Gasteiger partial charge is 0.338 e. The maximum atomic E-state index is 12.0. The highest BCUT2D eigenvalue weighted by atomic mass is 16.5. The average molecular weight is 440 g/mol. The molecule has 5 rings (SSSR count). The van der Waals surface area contributed by atoms with Gasteiger partial charge in [0.1, 0.15) is 6.17 Å². The quantitative estimate of drug-likeness (QED) is 0.441. The van der Waals surface area contributed by atoms with Gasteiger partial charge in [-0.25, -0.2) is 19.3 Å². The summed E-state index contributed by atoms with van der Waals surface area (Å²) < 4.78 is 6.81. The number of benzene rings is 3. The van der Waals surface area contributed by atoms with Gasteiger partial charge in [-0.05, 0) is 48.9 Å². The second kappa shape index (κ2) is 8.23. The number of aromatic carboxylic acids is 1. The first-order valence-electron chi connectivity index (χ1n) is 10.5.